The molecule has 0 bridgehead atoms. The van der Waals surface area contributed by atoms with Gasteiger partial charge in [-0.1, -0.05) is 150 Å². The van der Waals surface area contributed by atoms with E-state index in [0.717, 1.165) is 89.9 Å². The third kappa shape index (κ3) is 41.7. The van der Waals surface area contributed by atoms with Gasteiger partial charge in [0.2, 0.25) is 0 Å². The maximum atomic E-state index is 12.4. The highest BCUT2D eigenvalue weighted by molar-refractivity contribution is 7.47. The van der Waals surface area contributed by atoms with Gasteiger partial charge in [0.15, 0.2) is 0 Å². The van der Waals surface area contributed by atoms with Crippen LogP contribution in [0.4, 0.5) is 0 Å². The maximum absolute atomic E-state index is 12.4. The average molecular weight is 849 g/mol. The molecule has 0 heterocycles. The summed E-state index contributed by atoms with van der Waals surface area (Å²) in [4.78, 5) is 34.6. The lowest BCUT2D eigenvalue weighted by atomic mass is 10.1. The Bertz CT molecular complexity index is 1250. The number of hydrogen-bond acceptors (Lipinski definition) is 9. The fourth-order valence-electron chi connectivity index (χ4n) is 5.64. The van der Waals surface area contributed by atoms with Crippen molar-refractivity contribution in [3.05, 3.63) is 85.1 Å². The van der Waals surface area contributed by atoms with Crippen molar-refractivity contribution in [1.82, 2.24) is 0 Å². The molecule has 11 heteroatoms. The number of allylic oxidation sites excluding steroid dienone is 14. The highest BCUT2D eigenvalue weighted by Gasteiger charge is 2.27. The number of hydrogen-bond donors (Lipinski definition) is 3. The van der Waals surface area contributed by atoms with Crippen LogP contribution in [0.3, 0.4) is 0 Å². The molecule has 0 saturated heterocycles. The van der Waals surface area contributed by atoms with Crippen LogP contribution >= 0.6 is 7.82 Å². The van der Waals surface area contributed by atoms with Crippen LogP contribution in [0.5, 0.6) is 0 Å². The van der Waals surface area contributed by atoms with Crippen LogP contribution in [0.1, 0.15) is 168 Å². The Kier molecular flexibility index (Phi) is 41.2. The first-order chi connectivity index (χ1) is 28.8. The molecule has 0 saturated carbocycles. The first-order valence-corrected chi connectivity index (χ1v) is 24.0. The maximum Gasteiger partial charge on any atom is 0.472 e. The van der Waals surface area contributed by atoms with Gasteiger partial charge < -0.3 is 24.6 Å². The zero-order valence-corrected chi connectivity index (χ0v) is 37.6. The summed E-state index contributed by atoms with van der Waals surface area (Å²) >= 11 is 0. The van der Waals surface area contributed by atoms with Crippen LogP contribution in [-0.2, 0) is 32.7 Å². The normalized spacial score (nSPS) is 14.6. The number of ether oxygens (including phenoxy) is 2. The van der Waals surface area contributed by atoms with Gasteiger partial charge in [-0.2, -0.15) is 0 Å². The van der Waals surface area contributed by atoms with Gasteiger partial charge in [0, 0.05) is 12.8 Å². The monoisotopic (exact) mass is 849 g/mol. The van der Waals surface area contributed by atoms with E-state index in [9.17, 15) is 29.3 Å². The molecule has 0 rings (SSSR count). The average Bonchev–Trinajstić information content (AvgIpc) is 3.22. The van der Waals surface area contributed by atoms with E-state index < -0.39 is 58.4 Å². The first-order valence-electron chi connectivity index (χ1n) is 22.5. The van der Waals surface area contributed by atoms with Gasteiger partial charge in [-0.15, -0.1) is 0 Å². The summed E-state index contributed by atoms with van der Waals surface area (Å²) in [5.41, 5.74) is 0. The molecule has 0 fully saturated rings. The Hall–Kier alpha value is -2.85. The van der Waals surface area contributed by atoms with Crippen molar-refractivity contribution in [1.29, 1.82) is 0 Å². The lowest BCUT2D eigenvalue weighted by molar-refractivity contribution is -0.153. The summed E-state index contributed by atoms with van der Waals surface area (Å²) in [5, 5.41) is 19.2. The van der Waals surface area contributed by atoms with Gasteiger partial charge >= 0.3 is 19.8 Å². The molecule has 59 heavy (non-hydrogen) atoms. The molecule has 0 aromatic rings. The Labute approximate surface area is 358 Å². The predicted octanol–water partition coefficient (Wildman–Crippen LogP) is 12.2. The van der Waals surface area contributed by atoms with Crippen LogP contribution in [0.25, 0.3) is 0 Å². The summed E-state index contributed by atoms with van der Waals surface area (Å²) < 4.78 is 32.6. The zero-order chi connectivity index (χ0) is 43.3. The molecule has 3 N–H and O–H groups in total. The van der Waals surface area contributed by atoms with E-state index in [4.69, 9.17) is 18.5 Å². The number of esters is 2. The van der Waals surface area contributed by atoms with E-state index in [-0.39, 0.29) is 12.8 Å². The Morgan fingerprint density at radius 2 is 0.797 bits per heavy atom. The molecule has 3 atom stereocenters. The molecule has 0 aliphatic carbocycles. The number of carbonyl (C=O) groups excluding carboxylic acids is 2. The second kappa shape index (κ2) is 43.2. The van der Waals surface area contributed by atoms with E-state index in [1.54, 1.807) is 0 Å². The number of carbonyl (C=O) groups is 2. The van der Waals surface area contributed by atoms with Crippen LogP contribution in [0.15, 0.2) is 85.1 Å². The standard InChI is InChI=1S/C48H81O10P/c1-3-5-7-9-11-13-15-17-19-21-22-24-26-28-30-32-34-36-38-40-48(52)58-46(42-50)44-56-59(53,54)55-43-45(41-49)57-47(51)39-37-35-33-31-29-27-25-23-20-18-16-14-12-10-8-6-4-2/h5,7,11-14,17-20,22,24,28,30,45-46,49-50H,3-4,6,8-10,15-16,21,23,25-27,29,31-44H2,1-2H3,(H,53,54)/b7-5-,13-11-,14-12-,19-17-,20-18-,24-22-,30-28-. The number of phosphoric acid groups is 1. The van der Waals surface area contributed by atoms with Crippen molar-refractivity contribution in [2.24, 2.45) is 0 Å². The predicted molar refractivity (Wildman–Crippen MR) is 242 cm³/mol. The number of phosphoric ester groups is 1. The van der Waals surface area contributed by atoms with Gasteiger partial charge in [-0.05, 0) is 89.9 Å². The van der Waals surface area contributed by atoms with Gasteiger partial charge in [0.1, 0.15) is 12.2 Å². The summed E-state index contributed by atoms with van der Waals surface area (Å²) in [7, 11) is -4.66. The lowest BCUT2D eigenvalue weighted by Gasteiger charge is -2.20. The van der Waals surface area contributed by atoms with Crippen molar-refractivity contribution in [3.63, 3.8) is 0 Å². The summed E-state index contributed by atoms with van der Waals surface area (Å²) in [6.07, 6.45) is 51.2. The van der Waals surface area contributed by atoms with Gasteiger partial charge in [-0.25, -0.2) is 4.57 Å². The Balaban J connectivity index is 3.99. The molecule has 0 radical (unpaired) electrons. The van der Waals surface area contributed by atoms with Crippen molar-refractivity contribution in [2.75, 3.05) is 26.4 Å². The second-order valence-electron chi connectivity index (χ2n) is 14.6. The fraction of sp³-hybridized carbons (Fsp3) is 0.667. The Morgan fingerprint density at radius 3 is 1.17 bits per heavy atom. The van der Waals surface area contributed by atoms with Crippen LogP contribution in [0, 0.1) is 0 Å². The molecular weight excluding hydrogens is 767 g/mol. The molecule has 0 spiro atoms. The van der Waals surface area contributed by atoms with Gasteiger partial charge in [0.05, 0.1) is 26.4 Å². The molecule has 10 nitrogen and oxygen atoms in total. The van der Waals surface area contributed by atoms with Crippen molar-refractivity contribution in [2.45, 2.75) is 180 Å². The quantitative estimate of drug-likeness (QED) is 0.0235. The van der Waals surface area contributed by atoms with E-state index in [1.807, 2.05) is 0 Å². The number of rotatable bonds is 41. The minimum Gasteiger partial charge on any atom is -0.457 e. The van der Waals surface area contributed by atoms with Gasteiger partial charge in [-0.3, -0.25) is 18.6 Å². The first kappa shape index (κ1) is 56.1. The zero-order valence-electron chi connectivity index (χ0n) is 36.7. The highest BCUT2D eigenvalue weighted by atomic mass is 31.2. The third-order valence-corrected chi connectivity index (χ3v) is 10.0. The minimum absolute atomic E-state index is 0.148. The summed E-state index contributed by atoms with van der Waals surface area (Å²) in [6, 6.07) is 0. The summed E-state index contributed by atoms with van der Waals surface area (Å²) in [6.45, 7) is 2.01. The number of aliphatic hydroxyl groups is 2. The SMILES string of the molecule is CC/C=C\C/C=C\C/C=C\C/C=C\C/C=C\CCCCCC(=O)OC(CO)COP(=O)(O)OCC(CO)OC(=O)CCCCCCCCC/C=C\C/C=C\CCCCC. The highest BCUT2D eigenvalue weighted by Crippen LogP contribution is 2.43. The third-order valence-electron chi connectivity index (χ3n) is 9.09. The topological polar surface area (TPSA) is 149 Å². The molecule has 0 amide bonds. The molecule has 3 unspecified atom stereocenters. The van der Waals surface area contributed by atoms with E-state index in [2.05, 4.69) is 98.9 Å². The number of unbranched alkanes of at least 4 members (excludes halogenated alkanes) is 13. The molecule has 0 aliphatic rings. The fourth-order valence-corrected chi connectivity index (χ4v) is 6.42. The Morgan fingerprint density at radius 1 is 0.475 bits per heavy atom. The van der Waals surface area contributed by atoms with Gasteiger partial charge in [0.25, 0.3) is 0 Å². The van der Waals surface area contributed by atoms with Crippen LogP contribution < -0.4 is 0 Å². The molecule has 0 aliphatic heterocycles. The molecule has 0 aromatic heterocycles. The smallest absolute Gasteiger partial charge is 0.457 e. The van der Waals surface area contributed by atoms with E-state index >= 15 is 0 Å². The summed E-state index contributed by atoms with van der Waals surface area (Å²) in [5.74, 6) is -1.07. The lowest BCUT2D eigenvalue weighted by Crippen LogP contribution is -2.28. The van der Waals surface area contributed by atoms with Crippen molar-refractivity contribution >= 4 is 19.8 Å². The largest absolute Gasteiger partial charge is 0.472 e. The molecular formula is C48H81O10P. The van der Waals surface area contributed by atoms with E-state index in [1.165, 1.54) is 38.5 Å². The number of aliphatic hydroxyl groups excluding tert-OH is 2. The molecule has 0 aromatic carbocycles. The van der Waals surface area contributed by atoms with Crippen LogP contribution in [0.2, 0.25) is 0 Å². The van der Waals surface area contributed by atoms with E-state index in [0.29, 0.717) is 12.8 Å². The molecule has 338 valence electrons. The second-order valence-corrected chi connectivity index (χ2v) is 16.1. The minimum atomic E-state index is -4.66. The van der Waals surface area contributed by atoms with Crippen LogP contribution in [-0.4, -0.2) is 65.7 Å². The van der Waals surface area contributed by atoms with Crippen molar-refractivity contribution < 1.29 is 47.8 Å². The van der Waals surface area contributed by atoms with Crippen molar-refractivity contribution in [3.8, 4) is 0 Å².